The van der Waals surface area contributed by atoms with Gasteiger partial charge in [-0.1, -0.05) is 29.8 Å². The second-order valence-electron chi connectivity index (χ2n) is 4.71. The first kappa shape index (κ1) is 13.0. The number of rotatable bonds is 4. The van der Waals surface area contributed by atoms with Crippen LogP contribution in [0.3, 0.4) is 0 Å². The molecule has 0 aliphatic heterocycles. The van der Waals surface area contributed by atoms with Gasteiger partial charge in [0.25, 0.3) is 0 Å². The van der Waals surface area contributed by atoms with Crippen LogP contribution in [0, 0.1) is 0 Å². The molecule has 100 valence electrons. The van der Waals surface area contributed by atoms with Gasteiger partial charge in [-0.05, 0) is 30.5 Å². The Labute approximate surface area is 122 Å². The van der Waals surface area contributed by atoms with Crippen LogP contribution in [0.25, 0.3) is 0 Å². The van der Waals surface area contributed by atoms with E-state index in [9.17, 15) is 0 Å². The summed E-state index contributed by atoms with van der Waals surface area (Å²) in [5, 5.41) is 3.61. The zero-order chi connectivity index (χ0) is 13.2. The smallest absolute Gasteiger partial charge is 0.123 e. The molecule has 0 bridgehead atoms. The fraction of sp³-hybridized carbons (Fsp3) is 0.333. The zero-order valence-corrected chi connectivity index (χ0v) is 12.4. The van der Waals surface area contributed by atoms with Gasteiger partial charge in [0.1, 0.15) is 5.75 Å². The summed E-state index contributed by atoms with van der Waals surface area (Å²) in [7, 11) is 1.71. The highest BCUT2D eigenvalue weighted by molar-refractivity contribution is 7.16. The number of nitrogens with one attached hydrogen (secondary N) is 1. The molecule has 0 radical (unpaired) electrons. The van der Waals surface area contributed by atoms with Crippen LogP contribution in [-0.2, 0) is 13.0 Å². The molecule has 1 aromatic carbocycles. The number of halogens is 1. The van der Waals surface area contributed by atoms with Gasteiger partial charge in [0.2, 0.25) is 0 Å². The number of thiophene rings is 1. The van der Waals surface area contributed by atoms with E-state index in [1.54, 1.807) is 18.4 Å². The van der Waals surface area contributed by atoms with Crippen molar-refractivity contribution in [2.75, 3.05) is 7.11 Å². The fourth-order valence-electron chi connectivity index (χ4n) is 2.62. The standard InChI is InChI=1S/C15H16ClNOS/c1-18-13-5-3-2-4-10(13)9-17-12-6-7-14-11(12)8-15(16)19-14/h2-5,8,12,17H,6-7,9H2,1H3. The Hall–Kier alpha value is -1.03. The number of hydrogen-bond acceptors (Lipinski definition) is 3. The Morgan fingerprint density at radius 1 is 1.42 bits per heavy atom. The van der Waals surface area contributed by atoms with Gasteiger partial charge in [0.05, 0.1) is 11.4 Å². The predicted molar refractivity (Wildman–Crippen MR) is 80.2 cm³/mol. The Kier molecular flexibility index (Phi) is 3.78. The van der Waals surface area contributed by atoms with Crippen LogP contribution in [0.4, 0.5) is 0 Å². The van der Waals surface area contributed by atoms with E-state index in [2.05, 4.69) is 17.4 Å². The van der Waals surface area contributed by atoms with Crippen molar-refractivity contribution in [1.29, 1.82) is 0 Å². The summed E-state index contributed by atoms with van der Waals surface area (Å²) in [4.78, 5) is 1.43. The molecular weight excluding hydrogens is 278 g/mol. The van der Waals surface area contributed by atoms with Crippen molar-refractivity contribution in [2.24, 2.45) is 0 Å². The van der Waals surface area contributed by atoms with Gasteiger partial charge in [0.15, 0.2) is 0 Å². The molecule has 0 spiro atoms. The van der Waals surface area contributed by atoms with Crippen LogP contribution in [-0.4, -0.2) is 7.11 Å². The van der Waals surface area contributed by atoms with Crippen molar-refractivity contribution >= 4 is 22.9 Å². The Morgan fingerprint density at radius 2 is 2.26 bits per heavy atom. The molecule has 1 unspecified atom stereocenters. The Bertz CT molecular complexity index is 581. The number of ether oxygens (including phenoxy) is 1. The largest absolute Gasteiger partial charge is 0.496 e. The molecule has 0 saturated heterocycles. The van der Waals surface area contributed by atoms with Gasteiger partial charge < -0.3 is 10.1 Å². The molecule has 4 heteroatoms. The first-order valence-corrected chi connectivity index (χ1v) is 7.61. The lowest BCUT2D eigenvalue weighted by Gasteiger charge is -2.14. The van der Waals surface area contributed by atoms with Crippen molar-refractivity contribution < 1.29 is 4.74 Å². The number of para-hydroxylation sites is 1. The van der Waals surface area contributed by atoms with Gasteiger partial charge in [-0.3, -0.25) is 0 Å². The van der Waals surface area contributed by atoms with Gasteiger partial charge >= 0.3 is 0 Å². The van der Waals surface area contributed by atoms with E-state index in [-0.39, 0.29) is 0 Å². The topological polar surface area (TPSA) is 21.3 Å². The van der Waals surface area contributed by atoms with Gasteiger partial charge in [-0.2, -0.15) is 0 Å². The predicted octanol–water partition coefficient (Wildman–Crippen LogP) is 4.19. The minimum atomic E-state index is 0.420. The minimum Gasteiger partial charge on any atom is -0.496 e. The second kappa shape index (κ2) is 5.53. The quantitative estimate of drug-likeness (QED) is 0.913. The SMILES string of the molecule is COc1ccccc1CNC1CCc2sc(Cl)cc21. The average Bonchev–Trinajstić information content (AvgIpc) is 2.96. The molecule has 0 amide bonds. The van der Waals surface area contributed by atoms with Crippen molar-refractivity contribution in [2.45, 2.75) is 25.4 Å². The van der Waals surface area contributed by atoms with Crippen molar-refractivity contribution in [3.8, 4) is 5.75 Å². The molecular formula is C15H16ClNOS. The fourth-order valence-corrected chi connectivity index (χ4v) is 3.98. The molecule has 0 fully saturated rings. The molecule has 1 atom stereocenters. The maximum atomic E-state index is 6.08. The highest BCUT2D eigenvalue weighted by Crippen LogP contribution is 2.39. The van der Waals surface area contributed by atoms with E-state index in [0.717, 1.165) is 29.5 Å². The van der Waals surface area contributed by atoms with Crippen LogP contribution < -0.4 is 10.1 Å². The van der Waals surface area contributed by atoms with Crippen LogP contribution in [0.5, 0.6) is 5.75 Å². The van der Waals surface area contributed by atoms with Gasteiger partial charge in [-0.15, -0.1) is 11.3 Å². The molecule has 3 rings (SSSR count). The lowest BCUT2D eigenvalue weighted by molar-refractivity contribution is 0.405. The van der Waals surface area contributed by atoms with Crippen LogP contribution in [0.2, 0.25) is 4.34 Å². The molecule has 19 heavy (non-hydrogen) atoms. The molecule has 1 N–H and O–H groups in total. The highest BCUT2D eigenvalue weighted by atomic mass is 35.5. The van der Waals surface area contributed by atoms with Gasteiger partial charge in [0, 0.05) is 23.0 Å². The Balaban J connectivity index is 1.70. The van der Waals surface area contributed by atoms with E-state index in [0.29, 0.717) is 6.04 Å². The number of methoxy groups -OCH3 is 1. The van der Waals surface area contributed by atoms with Gasteiger partial charge in [-0.25, -0.2) is 0 Å². The second-order valence-corrected chi connectivity index (χ2v) is 6.48. The highest BCUT2D eigenvalue weighted by Gasteiger charge is 2.24. The number of hydrogen-bond donors (Lipinski definition) is 1. The molecule has 0 saturated carbocycles. The van der Waals surface area contributed by atoms with Crippen molar-refractivity contribution in [3.63, 3.8) is 0 Å². The van der Waals surface area contributed by atoms with E-state index in [1.165, 1.54) is 16.0 Å². The van der Waals surface area contributed by atoms with Crippen molar-refractivity contribution in [3.05, 3.63) is 50.7 Å². The third-order valence-corrected chi connectivity index (χ3v) is 4.92. The van der Waals surface area contributed by atoms with E-state index < -0.39 is 0 Å². The lowest BCUT2D eigenvalue weighted by Crippen LogP contribution is -2.18. The van der Waals surface area contributed by atoms with E-state index in [1.807, 2.05) is 18.2 Å². The molecule has 2 aromatic rings. The zero-order valence-electron chi connectivity index (χ0n) is 10.8. The molecule has 2 nitrogen and oxygen atoms in total. The number of aryl methyl sites for hydroxylation is 1. The van der Waals surface area contributed by atoms with Crippen molar-refractivity contribution in [1.82, 2.24) is 5.32 Å². The first-order chi connectivity index (χ1) is 9.28. The third-order valence-electron chi connectivity index (χ3n) is 3.58. The molecule has 1 heterocycles. The average molecular weight is 294 g/mol. The van der Waals surface area contributed by atoms with E-state index >= 15 is 0 Å². The maximum Gasteiger partial charge on any atom is 0.123 e. The summed E-state index contributed by atoms with van der Waals surface area (Å²) in [6, 6.07) is 10.7. The maximum absolute atomic E-state index is 6.08. The molecule has 1 aliphatic carbocycles. The molecule has 1 aliphatic rings. The van der Waals surface area contributed by atoms with Crippen LogP contribution in [0.1, 0.15) is 28.5 Å². The summed E-state index contributed by atoms with van der Waals surface area (Å²) in [6.45, 7) is 0.821. The summed E-state index contributed by atoms with van der Waals surface area (Å²) >= 11 is 7.79. The summed E-state index contributed by atoms with van der Waals surface area (Å²) in [6.07, 6.45) is 2.30. The number of fused-ring (bicyclic) bond motifs is 1. The van der Waals surface area contributed by atoms with Crippen LogP contribution in [0.15, 0.2) is 30.3 Å². The van der Waals surface area contributed by atoms with Crippen LogP contribution >= 0.6 is 22.9 Å². The minimum absolute atomic E-state index is 0.420. The third kappa shape index (κ3) is 2.64. The van der Waals surface area contributed by atoms with E-state index in [4.69, 9.17) is 16.3 Å². The molecule has 1 aromatic heterocycles. The summed E-state index contributed by atoms with van der Waals surface area (Å²) in [5.74, 6) is 0.941. The monoisotopic (exact) mass is 293 g/mol. The summed E-state index contributed by atoms with van der Waals surface area (Å²) < 4.78 is 6.27. The Morgan fingerprint density at radius 3 is 3.11 bits per heavy atom. The lowest BCUT2D eigenvalue weighted by atomic mass is 10.1. The summed E-state index contributed by atoms with van der Waals surface area (Å²) in [5.41, 5.74) is 2.57. The first-order valence-electron chi connectivity index (χ1n) is 6.41. The normalized spacial score (nSPS) is 17.5. The number of benzene rings is 1.